The lowest BCUT2D eigenvalue weighted by Crippen LogP contribution is -2.14. The molecule has 0 saturated heterocycles. The van der Waals surface area contributed by atoms with Crippen molar-refractivity contribution in [2.45, 2.75) is 26.2 Å². The average Bonchev–Trinajstić information content (AvgIpc) is 2.30. The molecule has 0 amide bonds. The van der Waals surface area contributed by atoms with E-state index in [2.05, 4.69) is 65.8 Å². The van der Waals surface area contributed by atoms with Crippen molar-refractivity contribution >= 4 is 15.9 Å². The van der Waals surface area contributed by atoms with E-state index in [4.69, 9.17) is 0 Å². The Balaban J connectivity index is 2.36. The Morgan fingerprint density at radius 3 is 2.53 bits per heavy atom. The molecule has 0 saturated carbocycles. The van der Waals surface area contributed by atoms with Crippen molar-refractivity contribution in [3.8, 4) is 0 Å². The zero-order chi connectivity index (χ0) is 11.1. The van der Waals surface area contributed by atoms with E-state index in [9.17, 15) is 0 Å². The molecule has 0 heterocycles. The van der Waals surface area contributed by atoms with Crippen LogP contribution in [0.3, 0.4) is 0 Å². The number of alkyl halides is 1. The predicted octanol–water partition coefficient (Wildman–Crippen LogP) is 4.60. The van der Waals surface area contributed by atoms with Gasteiger partial charge in [-0.25, -0.2) is 0 Å². The first-order valence-electron chi connectivity index (χ1n) is 5.44. The first kappa shape index (κ1) is 12.5. The standard InChI is InChI=1S/C14H19Br/c1-3-14(2,12-15)11-7-10-13-8-5-4-6-9-13/h3-6,8-9H,1,7,10-12H2,2H3. The van der Waals surface area contributed by atoms with Gasteiger partial charge in [0.2, 0.25) is 0 Å². The second kappa shape index (κ2) is 6.12. The fourth-order valence-electron chi connectivity index (χ4n) is 1.56. The van der Waals surface area contributed by atoms with Gasteiger partial charge in [-0.3, -0.25) is 0 Å². The predicted molar refractivity (Wildman–Crippen MR) is 71.5 cm³/mol. The largest absolute Gasteiger partial charge is 0.103 e. The highest BCUT2D eigenvalue weighted by Crippen LogP contribution is 2.27. The van der Waals surface area contributed by atoms with Gasteiger partial charge < -0.3 is 0 Å². The minimum atomic E-state index is 0.245. The summed E-state index contributed by atoms with van der Waals surface area (Å²) in [6.07, 6.45) is 5.64. The Morgan fingerprint density at radius 2 is 2.00 bits per heavy atom. The molecule has 1 aromatic carbocycles. The third-order valence-corrected chi connectivity index (χ3v) is 4.14. The number of rotatable bonds is 6. The van der Waals surface area contributed by atoms with Crippen LogP contribution in [0.25, 0.3) is 0 Å². The maximum absolute atomic E-state index is 3.90. The lowest BCUT2D eigenvalue weighted by molar-refractivity contribution is 0.434. The van der Waals surface area contributed by atoms with Crippen molar-refractivity contribution in [2.24, 2.45) is 5.41 Å². The minimum absolute atomic E-state index is 0.245. The van der Waals surface area contributed by atoms with Crippen molar-refractivity contribution in [2.75, 3.05) is 5.33 Å². The molecule has 0 bridgehead atoms. The fraction of sp³-hybridized carbons (Fsp3) is 0.429. The Bertz CT molecular complexity index is 291. The number of hydrogen-bond donors (Lipinski definition) is 0. The van der Waals surface area contributed by atoms with Crippen molar-refractivity contribution in [3.05, 3.63) is 48.6 Å². The van der Waals surface area contributed by atoms with Crippen LogP contribution in [0.2, 0.25) is 0 Å². The molecule has 1 atom stereocenters. The Hall–Kier alpha value is -0.560. The molecule has 0 aromatic heterocycles. The van der Waals surface area contributed by atoms with Gasteiger partial charge in [-0.2, -0.15) is 0 Å². The lowest BCUT2D eigenvalue weighted by atomic mass is 9.87. The van der Waals surface area contributed by atoms with Gasteiger partial charge in [-0.15, -0.1) is 6.58 Å². The molecule has 1 heteroatoms. The van der Waals surface area contributed by atoms with Crippen molar-refractivity contribution in [1.82, 2.24) is 0 Å². The van der Waals surface area contributed by atoms with E-state index in [1.165, 1.54) is 18.4 Å². The summed E-state index contributed by atoms with van der Waals surface area (Å²) in [5.74, 6) is 0. The molecule has 0 aliphatic carbocycles. The van der Waals surface area contributed by atoms with Gasteiger partial charge in [0.15, 0.2) is 0 Å². The molecule has 0 aliphatic rings. The fourth-order valence-corrected chi connectivity index (χ4v) is 2.07. The summed E-state index contributed by atoms with van der Waals surface area (Å²) in [7, 11) is 0. The smallest absolute Gasteiger partial charge is 0.0120 e. The third-order valence-electron chi connectivity index (χ3n) is 2.85. The monoisotopic (exact) mass is 266 g/mol. The van der Waals surface area contributed by atoms with E-state index in [1.54, 1.807) is 0 Å². The van der Waals surface area contributed by atoms with E-state index in [0.717, 1.165) is 11.8 Å². The van der Waals surface area contributed by atoms with Gasteiger partial charge in [-0.05, 0) is 30.2 Å². The van der Waals surface area contributed by atoms with E-state index in [1.807, 2.05) is 0 Å². The zero-order valence-electron chi connectivity index (χ0n) is 9.38. The van der Waals surface area contributed by atoms with E-state index < -0.39 is 0 Å². The topological polar surface area (TPSA) is 0 Å². The second-order valence-corrected chi connectivity index (χ2v) is 4.89. The van der Waals surface area contributed by atoms with Gasteiger partial charge in [0.25, 0.3) is 0 Å². The summed E-state index contributed by atoms with van der Waals surface area (Å²) in [5, 5.41) is 0.998. The van der Waals surface area contributed by atoms with Crippen LogP contribution in [0.1, 0.15) is 25.3 Å². The molecular weight excluding hydrogens is 248 g/mol. The van der Waals surface area contributed by atoms with E-state index in [0.29, 0.717) is 0 Å². The summed E-state index contributed by atoms with van der Waals surface area (Å²) in [5.41, 5.74) is 1.67. The second-order valence-electron chi connectivity index (χ2n) is 4.33. The number of hydrogen-bond acceptors (Lipinski definition) is 0. The Morgan fingerprint density at radius 1 is 1.33 bits per heavy atom. The summed E-state index contributed by atoms with van der Waals surface area (Å²) in [4.78, 5) is 0. The Kier molecular flexibility index (Phi) is 5.10. The summed E-state index contributed by atoms with van der Waals surface area (Å²) >= 11 is 3.55. The van der Waals surface area contributed by atoms with E-state index >= 15 is 0 Å². The Labute approximate surface area is 102 Å². The van der Waals surface area contributed by atoms with Crippen LogP contribution in [-0.4, -0.2) is 5.33 Å². The molecular formula is C14H19Br. The SMILES string of the molecule is C=CC(C)(CBr)CCCc1ccccc1. The minimum Gasteiger partial charge on any atom is -0.103 e. The maximum atomic E-state index is 3.90. The molecule has 1 rings (SSSR count). The van der Waals surface area contributed by atoms with Crippen molar-refractivity contribution in [1.29, 1.82) is 0 Å². The zero-order valence-corrected chi connectivity index (χ0v) is 11.0. The first-order valence-corrected chi connectivity index (χ1v) is 6.56. The first-order chi connectivity index (χ1) is 7.20. The van der Waals surface area contributed by atoms with Crippen LogP contribution in [0.15, 0.2) is 43.0 Å². The van der Waals surface area contributed by atoms with Gasteiger partial charge in [0, 0.05) is 5.33 Å². The third kappa shape index (κ3) is 4.21. The van der Waals surface area contributed by atoms with Crippen molar-refractivity contribution in [3.63, 3.8) is 0 Å². The average molecular weight is 267 g/mol. The number of halogens is 1. The highest BCUT2D eigenvalue weighted by molar-refractivity contribution is 9.09. The quantitative estimate of drug-likeness (QED) is 0.522. The highest BCUT2D eigenvalue weighted by atomic mass is 79.9. The van der Waals surface area contributed by atoms with Gasteiger partial charge in [0.05, 0.1) is 0 Å². The maximum Gasteiger partial charge on any atom is 0.0120 e. The number of aryl methyl sites for hydroxylation is 1. The van der Waals surface area contributed by atoms with E-state index in [-0.39, 0.29) is 5.41 Å². The van der Waals surface area contributed by atoms with Crippen LogP contribution in [0.4, 0.5) is 0 Å². The number of allylic oxidation sites excluding steroid dienone is 1. The normalized spacial score (nSPS) is 14.5. The summed E-state index contributed by atoms with van der Waals surface area (Å²) in [6, 6.07) is 10.7. The molecule has 15 heavy (non-hydrogen) atoms. The van der Waals surface area contributed by atoms with Gasteiger partial charge in [-0.1, -0.05) is 59.3 Å². The van der Waals surface area contributed by atoms with Gasteiger partial charge >= 0.3 is 0 Å². The molecule has 0 radical (unpaired) electrons. The highest BCUT2D eigenvalue weighted by Gasteiger charge is 2.17. The molecule has 0 fully saturated rings. The van der Waals surface area contributed by atoms with Crippen molar-refractivity contribution < 1.29 is 0 Å². The summed E-state index contributed by atoms with van der Waals surface area (Å²) < 4.78 is 0. The molecule has 0 N–H and O–H groups in total. The molecule has 82 valence electrons. The number of benzene rings is 1. The van der Waals surface area contributed by atoms with Crippen LogP contribution < -0.4 is 0 Å². The lowest BCUT2D eigenvalue weighted by Gasteiger charge is -2.22. The van der Waals surface area contributed by atoms with Crippen LogP contribution in [-0.2, 0) is 6.42 Å². The molecule has 1 aromatic rings. The summed E-state index contributed by atoms with van der Waals surface area (Å²) in [6.45, 7) is 6.15. The van der Waals surface area contributed by atoms with Crippen LogP contribution in [0, 0.1) is 5.41 Å². The molecule has 0 nitrogen and oxygen atoms in total. The van der Waals surface area contributed by atoms with Crippen LogP contribution in [0.5, 0.6) is 0 Å². The molecule has 1 unspecified atom stereocenters. The van der Waals surface area contributed by atoms with Gasteiger partial charge in [0.1, 0.15) is 0 Å². The van der Waals surface area contributed by atoms with Crippen LogP contribution >= 0.6 is 15.9 Å². The molecule has 0 aliphatic heterocycles. The molecule has 0 spiro atoms.